The molecule has 2 unspecified atom stereocenters. The summed E-state index contributed by atoms with van der Waals surface area (Å²) in [6.45, 7) is 9.45. The van der Waals surface area contributed by atoms with Crippen LogP contribution in [0.2, 0.25) is 0 Å². The Morgan fingerprint density at radius 3 is 0.825 bits per heavy atom. The van der Waals surface area contributed by atoms with Gasteiger partial charge in [0.2, 0.25) is 0 Å². The molecule has 1 N–H and O–H groups in total. The lowest BCUT2D eigenvalue weighted by Crippen LogP contribution is -2.41. The van der Waals surface area contributed by atoms with Crippen LogP contribution in [-0.2, 0) is 0 Å². The van der Waals surface area contributed by atoms with Crippen LogP contribution in [0.15, 0.2) is 12.4 Å². The second kappa shape index (κ2) is 44.8. The lowest BCUT2D eigenvalue weighted by atomic mass is 9.92. The van der Waals surface area contributed by atoms with Crippen molar-refractivity contribution in [3.05, 3.63) is 18.2 Å². The van der Waals surface area contributed by atoms with Crippen LogP contribution >= 0.6 is 0 Å². The van der Waals surface area contributed by atoms with Gasteiger partial charge >= 0.3 is 0 Å². The molecule has 0 saturated heterocycles. The largest absolute Gasteiger partial charge is 0.257 e. The molecule has 0 amide bonds. The number of aromatic amines is 1. The SMILES string of the molecule is CCCCCCCCCCCCCCCCCCCC(CCCCCCCCCCCCCCC)c1[nH]cc[n+]1C(C)CCCCCCCCCCCCCCC. The van der Waals surface area contributed by atoms with Crippen molar-refractivity contribution in [3.63, 3.8) is 0 Å². The summed E-state index contributed by atoms with van der Waals surface area (Å²) in [7, 11) is 0. The summed E-state index contributed by atoms with van der Waals surface area (Å²) in [6, 6.07) is 0.614. The summed E-state index contributed by atoms with van der Waals surface area (Å²) < 4.78 is 2.67. The van der Waals surface area contributed by atoms with Crippen LogP contribution in [0.25, 0.3) is 0 Å². The fraction of sp³-hybridized carbons (Fsp3) is 0.945. The first-order valence-corrected chi connectivity index (χ1v) is 27.3. The average molecular weight is 798 g/mol. The highest BCUT2D eigenvalue weighted by atomic mass is 15.1. The van der Waals surface area contributed by atoms with E-state index in [0.29, 0.717) is 12.0 Å². The molecule has 0 radical (unpaired) electrons. The highest BCUT2D eigenvalue weighted by Gasteiger charge is 2.25. The second-order valence-electron chi connectivity index (χ2n) is 19.3. The molecule has 1 rings (SSSR count). The Labute approximate surface area is 361 Å². The third-order valence-electron chi connectivity index (χ3n) is 13.6. The van der Waals surface area contributed by atoms with Crippen molar-refractivity contribution in [2.45, 2.75) is 335 Å². The van der Waals surface area contributed by atoms with Crippen molar-refractivity contribution in [1.29, 1.82) is 0 Å². The first kappa shape index (κ1) is 54.2. The number of aromatic nitrogens is 2. The molecule has 0 spiro atoms. The third-order valence-corrected chi connectivity index (χ3v) is 13.6. The summed E-state index contributed by atoms with van der Waals surface area (Å²) >= 11 is 0. The van der Waals surface area contributed by atoms with Gasteiger partial charge in [-0.05, 0) is 32.6 Å². The molecular weight excluding hydrogens is 689 g/mol. The zero-order valence-corrected chi connectivity index (χ0v) is 40.3. The minimum Gasteiger partial charge on any atom is -0.247 e. The molecule has 0 saturated carbocycles. The van der Waals surface area contributed by atoms with E-state index in [-0.39, 0.29) is 0 Å². The maximum Gasteiger partial charge on any atom is 0.257 e. The molecule has 1 heterocycles. The van der Waals surface area contributed by atoms with Crippen LogP contribution in [0.1, 0.15) is 341 Å². The van der Waals surface area contributed by atoms with Gasteiger partial charge in [0.25, 0.3) is 5.82 Å². The molecule has 2 nitrogen and oxygen atoms in total. The smallest absolute Gasteiger partial charge is 0.247 e. The molecule has 0 aromatic carbocycles. The fourth-order valence-electron chi connectivity index (χ4n) is 9.61. The Balaban J connectivity index is 2.34. The van der Waals surface area contributed by atoms with Gasteiger partial charge < -0.3 is 0 Å². The monoisotopic (exact) mass is 798 g/mol. The number of unbranched alkanes of at least 4 members (excludes halogenated alkanes) is 40. The Kier molecular flexibility index (Phi) is 42.6. The number of hydrogen-bond donors (Lipinski definition) is 1. The van der Waals surface area contributed by atoms with E-state index in [1.807, 2.05) is 0 Å². The second-order valence-corrected chi connectivity index (χ2v) is 19.3. The Morgan fingerprint density at radius 2 is 0.561 bits per heavy atom. The molecule has 2 atom stereocenters. The highest BCUT2D eigenvalue weighted by Crippen LogP contribution is 2.28. The average Bonchev–Trinajstić information content (AvgIpc) is 3.72. The third kappa shape index (κ3) is 35.7. The summed E-state index contributed by atoms with van der Waals surface area (Å²) in [4.78, 5) is 3.80. The van der Waals surface area contributed by atoms with Crippen molar-refractivity contribution in [2.24, 2.45) is 0 Å². The van der Waals surface area contributed by atoms with Gasteiger partial charge in [0.15, 0.2) is 0 Å². The number of H-pyrrole nitrogens is 1. The highest BCUT2D eigenvalue weighted by molar-refractivity contribution is 4.90. The van der Waals surface area contributed by atoms with Gasteiger partial charge in [0, 0.05) is 0 Å². The molecule has 0 fully saturated rings. The lowest BCUT2D eigenvalue weighted by Gasteiger charge is -2.17. The minimum absolute atomic E-state index is 0.614. The Morgan fingerprint density at radius 1 is 0.333 bits per heavy atom. The van der Waals surface area contributed by atoms with Gasteiger partial charge in [0.1, 0.15) is 12.4 Å². The van der Waals surface area contributed by atoms with Crippen LogP contribution < -0.4 is 4.57 Å². The zero-order chi connectivity index (χ0) is 41.0. The predicted octanol–water partition coefficient (Wildman–Crippen LogP) is 20.0. The van der Waals surface area contributed by atoms with Crippen molar-refractivity contribution >= 4 is 0 Å². The van der Waals surface area contributed by atoms with E-state index in [1.54, 1.807) is 5.82 Å². The first-order chi connectivity index (χ1) is 28.2. The van der Waals surface area contributed by atoms with E-state index in [0.717, 1.165) is 0 Å². The maximum absolute atomic E-state index is 3.80. The molecule has 338 valence electrons. The molecule has 0 bridgehead atoms. The quantitative estimate of drug-likeness (QED) is 0.0501. The van der Waals surface area contributed by atoms with E-state index in [1.165, 1.54) is 295 Å². The van der Waals surface area contributed by atoms with Crippen LogP contribution in [0.5, 0.6) is 0 Å². The van der Waals surface area contributed by atoms with Gasteiger partial charge in [0.05, 0.1) is 12.0 Å². The van der Waals surface area contributed by atoms with E-state index >= 15 is 0 Å². The normalized spacial score (nSPS) is 12.8. The van der Waals surface area contributed by atoms with Gasteiger partial charge in [-0.15, -0.1) is 0 Å². The summed E-state index contributed by atoms with van der Waals surface area (Å²) in [6.07, 6.45) is 71.0. The van der Waals surface area contributed by atoms with E-state index in [2.05, 4.69) is 49.6 Å². The Bertz CT molecular complexity index is 874. The topological polar surface area (TPSA) is 19.7 Å². The molecule has 57 heavy (non-hydrogen) atoms. The standard InChI is InChI=1S/C55H108N2/c1-5-8-11-14-17-20-23-26-27-28-29-32-35-38-41-44-47-50-54(49-46-43-40-37-34-31-25-22-19-16-13-10-7-3)55-56-51-52-57(55)53(4)48-45-42-39-36-33-30-24-21-18-15-12-9-6-2/h51-54H,5-50H2,1-4H3/p+1. The van der Waals surface area contributed by atoms with Crippen molar-refractivity contribution in [1.82, 2.24) is 4.98 Å². The summed E-state index contributed by atoms with van der Waals surface area (Å²) in [5.41, 5.74) is 0. The van der Waals surface area contributed by atoms with E-state index in [4.69, 9.17) is 0 Å². The molecule has 1 aromatic heterocycles. The molecular formula is C55H109N2+. The van der Waals surface area contributed by atoms with Crippen LogP contribution in [0.4, 0.5) is 0 Å². The summed E-state index contributed by atoms with van der Waals surface area (Å²) in [5, 5.41) is 0. The first-order valence-electron chi connectivity index (χ1n) is 27.3. The number of imidazole rings is 1. The fourth-order valence-corrected chi connectivity index (χ4v) is 9.61. The van der Waals surface area contributed by atoms with Gasteiger partial charge in [-0.3, -0.25) is 0 Å². The van der Waals surface area contributed by atoms with Gasteiger partial charge in [-0.2, -0.15) is 0 Å². The summed E-state index contributed by atoms with van der Waals surface area (Å²) in [5.74, 6) is 2.26. The van der Waals surface area contributed by atoms with E-state index in [9.17, 15) is 0 Å². The number of rotatable bonds is 48. The molecule has 1 aromatic rings. The minimum atomic E-state index is 0.614. The number of nitrogens with zero attached hydrogens (tertiary/aromatic N) is 1. The number of nitrogens with one attached hydrogen (secondary N) is 1. The van der Waals surface area contributed by atoms with Gasteiger partial charge in [-0.25, -0.2) is 9.55 Å². The lowest BCUT2D eigenvalue weighted by molar-refractivity contribution is -0.727. The van der Waals surface area contributed by atoms with Crippen molar-refractivity contribution in [3.8, 4) is 0 Å². The molecule has 0 aliphatic rings. The van der Waals surface area contributed by atoms with Crippen LogP contribution in [-0.4, -0.2) is 4.98 Å². The molecule has 0 aliphatic carbocycles. The van der Waals surface area contributed by atoms with Crippen molar-refractivity contribution in [2.75, 3.05) is 0 Å². The molecule has 0 aliphatic heterocycles. The van der Waals surface area contributed by atoms with Crippen molar-refractivity contribution < 1.29 is 4.57 Å². The van der Waals surface area contributed by atoms with Crippen LogP contribution in [0, 0.1) is 0 Å². The van der Waals surface area contributed by atoms with Gasteiger partial charge in [-0.1, -0.05) is 290 Å². The number of hydrogen-bond acceptors (Lipinski definition) is 0. The zero-order valence-electron chi connectivity index (χ0n) is 40.3. The maximum atomic E-state index is 3.80. The predicted molar refractivity (Wildman–Crippen MR) is 258 cm³/mol. The van der Waals surface area contributed by atoms with E-state index < -0.39 is 0 Å². The molecule has 2 heteroatoms. The Hall–Kier alpha value is -0.790. The van der Waals surface area contributed by atoms with Crippen LogP contribution in [0.3, 0.4) is 0 Å².